The molecule has 4 aliphatic rings. The number of carbonyl (C=O) groups excluding carboxylic acids is 3. The highest BCUT2D eigenvalue weighted by Gasteiger charge is 2.59. The van der Waals surface area contributed by atoms with Crippen LogP contribution in [0.5, 0.6) is 0 Å². The van der Waals surface area contributed by atoms with Gasteiger partial charge in [-0.2, -0.15) is 0 Å². The molecule has 2 bridgehead atoms. The quantitative estimate of drug-likeness (QED) is 0.515. The van der Waals surface area contributed by atoms with Gasteiger partial charge in [0.25, 0.3) is 0 Å². The Kier molecular flexibility index (Phi) is 2.89. The van der Waals surface area contributed by atoms with Crippen LogP contribution in [0.25, 0.3) is 0 Å². The van der Waals surface area contributed by atoms with Gasteiger partial charge in [-0.25, -0.2) is 0 Å². The van der Waals surface area contributed by atoms with Gasteiger partial charge in [0.15, 0.2) is 0 Å². The SMILES string of the molecule is O=C(CN1C(=O)[C@@H]2[C@H](C1=O)[C@@H]1C=C[C@H]2C1)N1CCOCC1. The number of imide groups is 1. The van der Waals surface area contributed by atoms with Crippen LogP contribution in [0.4, 0.5) is 0 Å². The van der Waals surface area contributed by atoms with Gasteiger partial charge in [0.05, 0.1) is 25.0 Å². The van der Waals surface area contributed by atoms with E-state index in [4.69, 9.17) is 4.74 Å². The normalized spacial score (nSPS) is 37.5. The average molecular weight is 290 g/mol. The number of likely N-dealkylation sites (tertiary alicyclic amines) is 1. The highest BCUT2D eigenvalue weighted by atomic mass is 16.5. The third-order valence-corrected chi connectivity index (χ3v) is 5.22. The van der Waals surface area contributed by atoms with E-state index in [1.54, 1.807) is 4.90 Å². The molecule has 3 amide bonds. The number of allylic oxidation sites excluding steroid dienone is 2. The first-order valence-electron chi connectivity index (χ1n) is 7.56. The zero-order chi connectivity index (χ0) is 14.6. The molecule has 0 spiro atoms. The predicted octanol–water partition coefficient (Wildman–Crippen LogP) is -0.348. The number of hydrogen-bond donors (Lipinski definition) is 0. The molecule has 0 aromatic rings. The van der Waals surface area contributed by atoms with Crippen molar-refractivity contribution in [3.63, 3.8) is 0 Å². The molecular weight excluding hydrogens is 272 g/mol. The van der Waals surface area contributed by atoms with Crippen molar-refractivity contribution < 1.29 is 19.1 Å². The highest BCUT2D eigenvalue weighted by Crippen LogP contribution is 2.52. The summed E-state index contributed by atoms with van der Waals surface area (Å²) < 4.78 is 5.21. The Morgan fingerprint density at radius 3 is 2.24 bits per heavy atom. The minimum atomic E-state index is -0.218. The molecule has 6 heteroatoms. The zero-order valence-corrected chi connectivity index (χ0v) is 11.7. The summed E-state index contributed by atoms with van der Waals surface area (Å²) in [5.41, 5.74) is 0. The topological polar surface area (TPSA) is 66.9 Å². The Balaban J connectivity index is 1.48. The summed E-state index contributed by atoms with van der Waals surface area (Å²) in [5, 5.41) is 0. The largest absolute Gasteiger partial charge is 0.378 e. The highest BCUT2D eigenvalue weighted by molar-refractivity contribution is 6.08. The van der Waals surface area contributed by atoms with Gasteiger partial charge in [-0.05, 0) is 18.3 Å². The Labute approximate surface area is 122 Å². The van der Waals surface area contributed by atoms with Crippen LogP contribution in [0.2, 0.25) is 0 Å². The number of hydrogen-bond acceptors (Lipinski definition) is 4. The summed E-state index contributed by atoms with van der Waals surface area (Å²) in [6.45, 7) is 2.01. The smallest absolute Gasteiger partial charge is 0.242 e. The predicted molar refractivity (Wildman–Crippen MR) is 71.8 cm³/mol. The first-order valence-corrected chi connectivity index (χ1v) is 7.56. The number of amides is 3. The fraction of sp³-hybridized carbons (Fsp3) is 0.667. The lowest BCUT2D eigenvalue weighted by Crippen LogP contribution is -2.47. The summed E-state index contributed by atoms with van der Waals surface area (Å²) in [7, 11) is 0. The standard InChI is InChI=1S/C15H18N2O4/c18-11(16-3-5-21-6-4-16)8-17-14(19)12-9-1-2-10(7-9)13(12)15(17)20/h1-2,9-10,12-13H,3-8H2/t9-,10+,12-,13+. The molecule has 0 unspecified atom stereocenters. The van der Waals surface area contributed by atoms with E-state index in [-0.39, 0.29) is 47.9 Å². The molecule has 0 aromatic carbocycles. The van der Waals surface area contributed by atoms with E-state index in [9.17, 15) is 14.4 Å². The molecule has 0 radical (unpaired) electrons. The molecule has 4 rings (SSSR count). The third kappa shape index (κ3) is 1.85. The van der Waals surface area contributed by atoms with Crippen molar-refractivity contribution >= 4 is 17.7 Å². The van der Waals surface area contributed by atoms with Crippen LogP contribution in [0.3, 0.4) is 0 Å². The van der Waals surface area contributed by atoms with Gasteiger partial charge in [-0.1, -0.05) is 12.2 Å². The number of ether oxygens (including phenoxy) is 1. The Bertz CT molecular complexity index is 508. The molecule has 112 valence electrons. The van der Waals surface area contributed by atoms with Crippen LogP contribution in [0, 0.1) is 23.7 Å². The maximum atomic E-state index is 12.5. The fourth-order valence-electron chi connectivity index (χ4n) is 4.17. The molecule has 2 aliphatic heterocycles. The molecule has 2 saturated heterocycles. The van der Waals surface area contributed by atoms with Crippen molar-refractivity contribution in [3.8, 4) is 0 Å². The third-order valence-electron chi connectivity index (χ3n) is 5.22. The minimum Gasteiger partial charge on any atom is -0.378 e. The van der Waals surface area contributed by atoms with Gasteiger partial charge in [-0.3, -0.25) is 19.3 Å². The van der Waals surface area contributed by atoms with Crippen molar-refractivity contribution in [1.29, 1.82) is 0 Å². The first kappa shape index (κ1) is 13.0. The van der Waals surface area contributed by atoms with E-state index in [0.717, 1.165) is 6.42 Å². The monoisotopic (exact) mass is 290 g/mol. The van der Waals surface area contributed by atoms with Gasteiger partial charge in [0.1, 0.15) is 6.54 Å². The Hall–Kier alpha value is -1.69. The van der Waals surface area contributed by atoms with E-state index in [1.165, 1.54) is 4.90 Å². The molecule has 6 nitrogen and oxygen atoms in total. The lowest BCUT2D eigenvalue weighted by Gasteiger charge is -2.28. The van der Waals surface area contributed by atoms with E-state index in [2.05, 4.69) is 12.2 Å². The summed E-state index contributed by atoms with van der Waals surface area (Å²) in [4.78, 5) is 40.1. The van der Waals surface area contributed by atoms with E-state index in [1.807, 2.05) is 0 Å². The van der Waals surface area contributed by atoms with Crippen molar-refractivity contribution in [2.75, 3.05) is 32.8 Å². The van der Waals surface area contributed by atoms with Crippen molar-refractivity contribution in [3.05, 3.63) is 12.2 Å². The average Bonchev–Trinajstić information content (AvgIpc) is 3.18. The maximum absolute atomic E-state index is 12.5. The molecule has 3 fully saturated rings. The van der Waals surface area contributed by atoms with Crippen LogP contribution in [-0.4, -0.2) is 60.4 Å². The maximum Gasteiger partial charge on any atom is 0.242 e. The lowest BCUT2D eigenvalue weighted by atomic mass is 9.85. The number of nitrogens with zero attached hydrogens (tertiary/aromatic N) is 2. The molecule has 4 atom stereocenters. The molecule has 1 saturated carbocycles. The van der Waals surface area contributed by atoms with Crippen LogP contribution in [0.1, 0.15) is 6.42 Å². The fourth-order valence-corrected chi connectivity index (χ4v) is 4.17. The van der Waals surface area contributed by atoms with E-state index in [0.29, 0.717) is 26.3 Å². The van der Waals surface area contributed by atoms with Gasteiger partial charge in [-0.15, -0.1) is 0 Å². The Morgan fingerprint density at radius 2 is 1.67 bits per heavy atom. The van der Waals surface area contributed by atoms with Crippen molar-refractivity contribution in [1.82, 2.24) is 9.80 Å². The molecule has 2 aliphatic carbocycles. The van der Waals surface area contributed by atoms with Crippen LogP contribution < -0.4 is 0 Å². The number of morpholine rings is 1. The van der Waals surface area contributed by atoms with Gasteiger partial charge >= 0.3 is 0 Å². The van der Waals surface area contributed by atoms with E-state index < -0.39 is 0 Å². The number of carbonyl (C=O) groups is 3. The number of rotatable bonds is 2. The first-order chi connectivity index (χ1) is 10.2. The second-order valence-corrected chi connectivity index (χ2v) is 6.26. The minimum absolute atomic E-state index is 0.107. The molecule has 2 heterocycles. The summed E-state index contributed by atoms with van der Waals surface area (Å²) in [5.74, 6) is -0.498. The van der Waals surface area contributed by atoms with Gasteiger partial charge in [0, 0.05) is 13.1 Å². The summed E-state index contributed by atoms with van der Waals surface area (Å²) in [6.07, 6.45) is 5.03. The van der Waals surface area contributed by atoms with Crippen LogP contribution in [0.15, 0.2) is 12.2 Å². The number of fused-ring (bicyclic) bond motifs is 5. The van der Waals surface area contributed by atoms with Gasteiger partial charge in [0.2, 0.25) is 17.7 Å². The second kappa shape index (κ2) is 4.66. The van der Waals surface area contributed by atoms with Crippen LogP contribution in [-0.2, 0) is 19.1 Å². The van der Waals surface area contributed by atoms with E-state index >= 15 is 0 Å². The molecular formula is C15H18N2O4. The molecule has 0 aromatic heterocycles. The van der Waals surface area contributed by atoms with Gasteiger partial charge < -0.3 is 9.64 Å². The summed E-state index contributed by atoms with van der Waals surface area (Å²) >= 11 is 0. The molecule has 0 N–H and O–H groups in total. The summed E-state index contributed by atoms with van der Waals surface area (Å²) in [6, 6.07) is 0. The second-order valence-electron chi connectivity index (χ2n) is 6.26. The lowest BCUT2D eigenvalue weighted by molar-refractivity contribution is -0.148. The van der Waals surface area contributed by atoms with Crippen molar-refractivity contribution in [2.24, 2.45) is 23.7 Å². The Morgan fingerprint density at radius 1 is 1.10 bits per heavy atom. The van der Waals surface area contributed by atoms with Crippen LogP contribution >= 0.6 is 0 Å². The zero-order valence-electron chi connectivity index (χ0n) is 11.7. The van der Waals surface area contributed by atoms with Crippen molar-refractivity contribution in [2.45, 2.75) is 6.42 Å². The molecule has 21 heavy (non-hydrogen) atoms.